The summed E-state index contributed by atoms with van der Waals surface area (Å²) < 4.78 is 6.52. The highest BCUT2D eigenvalue weighted by molar-refractivity contribution is 5.91. The van der Waals surface area contributed by atoms with Gasteiger partial charge in [0, 0.05) is 12.5 Å². The van der Waals surface area contributed by atoms with Crippen LogP contribution >= 0.6 is 0 Å². The van der Waals surface area contributed by atoms with E-state index in [0.717, 1.165) is 25.7 Å². The highest BCUT2D eigenvalue weighted by atomic mass is 16.5. The fourth-order valence-electron chi connectivity index (χ4n) is 5.08. The monoisotopic (exact) mass is 383 g/mol. The summed E-state index contributed by atoms with van der Waals surface area (Å²) in [5.41, 5.74) is 0.839. The average Bonchev–Trinajstić information content (AvgIpc) is 3.20. The molecule has 2 saturated heterocycles. The van der Waals surface area contributed by atoms with Crippen molar-refractivity contribution in [3.8, 4) is 0 Å². The minimum Gasteiger partial charge on any atom is -0.390 e. The van der Waals surface area contributed by atoms with E-state index in [1.165, 1.54) is 18.1 Å². The van der Waals surface area contributed by atoms with Crippen LogP contribution in [-0.4, -0.2) is 44.8 Å². The van der Waals surface area contributed by atoms with E-state index >= 15 is 0 Å². The molecule has 3 heterocycles. The molecule has 2 aliphatic rings. The number of amides is 1. The first-order chi connectivity index (χ1) is 13.4. The van der Waals surface area contributed by atoms with Gasteiger partial charge in [-0.1, -0.05) is 30.3 Å². The number of rotatable bonds is 4. The first kappa shape index (κ1) is 19.2. The normalized spacial score (nSPS) is 35.2. The summed E-state index contributed by atoms with van der Waals surface area (Å²) in [6.45, 7) is 4.61. The van der Waals surface area contributed by atoms with Gasteiger partial charge in [0.2, 0.25) is 0 Å². The van der Waals surface area contributed by atoms with Gasteiger partial charge >= 0.3 is 0 Å². The molecule has 1 aromatic heterocycles. The molecule has 0 saturated carbocycles. The van der Waals surface area contributed by atoms with Gasteiger partial charge in [0.1, 0.15) is 5.69 Å². The maximum atomic E-state index is 12.3. The number of benzene rings is 1. The van der Waals surface area contributed by atoms with Gasteiger partial charge in [-0.3, -0.25) is 4.79 Å². The van der Waals surface area contributed by atoms with Gasteiger partial charge in [-0.2, -0.15) is 0 Å². The van der Waals surface area contributed by atoms with Crippen molar-refractivity contribution < 1.29 is 14.6 Å². The molecule has 2 fully saturated rings. The predicted molar refractivity (Wildman–Crippen MR) is 106 cm³/mol. The van der Waals surface area contributed by atoms with Gasteiger partial charge in [-0.25, -0.2) is 4.98 Å². The SMILES string of the molecule is C[C@]12CC[C@@H](CNC(=O)c3cnc[nH]3)[C@H](O)[C@](C)(C[C@@H](c3ccccc3)C1)O2. The van der Waals surface area contributed by atoms with Crippen LogP contribution in [0.15, 0.2) is 42.9 Å². The fraction of sp³-hybridized carbons (Fsp3) is 0.545. The number of aromatic nitrogens is 2. The molecular formula is C22H29N3O3. The Hall–Kier alpha value is -2.18. The predicted octanol–water partition coefficient (Wildman–Crippen LogP) is 3.02. The van der Waals surface area contributed by atoms with Crippen molar-refractivity contribution in [2.24, 2.45) is 5.92 Å². The minimum atomic E-state index is -0.636. The van der Waals surface area contributed by atoms with E-state index in [1.807, 2.05) is 13.0 Å². The fourth-order valence-corrected chi connectivity index (χ4v) is 5.08. The number of carbonyl (C=O) groups excluding carboxylic acids is 1. The summed E-state index contributed by atoms with van der Waals surface area (Å²) in [5, 5.41) is 14.2. The summed E-state index contributed by atoms with van der Waals surface area (Å²) in [5.74, 6) is 0.113. The first-order valence-electron chi connectivity index (χ1n) is 10.1. The lowest BCUT2D eigenvalue weighted by Crippen LogP contribution is -2.54. The molecule has 3 N–H and O–H groups in total. The lowest BCUT2D eigenvalue weighted by molar-refractivity contribution is -0.215. The molecule has 0 unspecified atom stereocenters. The zero-order chi connectivity index (χ0) is 19.8. The Kier molecular flexibility index (Phi) is 5.02. The summed E-state index contributed by atoms with van der Waals surface area (Å²) >= 11 is 0. The van der Waals surface area contributed by atoms with Crippen molar-refractivity contribution in [1.29, 1.82) is 0 Å². The molecule has 0 radical (unpaired) electrons. The molecule has 2 aromatic rings. The minimum absolute atomic E-state index is 0.0479. The number of imidazole rings is 1. The van der Waals surface area contributed by atoms with Crippen LogP contribution in [0.3, 0.4) is 0 Å². The maximum absolute atomic E-state index is 12.3. The topological polar surface area (TPSA) is 87.2 Å². The molecule has 2 aliphatic heterocycles. The summed E-state index contributed by atoms with van der Waals surface area (Å²) in [6, 6.07) is 10.5. The zero-order valence-electron chi connectivity index (χ0n) is 16.5. The highest BCUT2D eigenvalue weighted by Crippen LogP contribution is 2.50. The number of ether oxygens (including phenoxy) is 1. The lowest BCUT2D eigenvalue weighted by atomic mass is 9.74. The second kappa shape index (κ2) is 7.33. The smallest absolute Gasteiger partial charge is 0.269 e. The van der Waals surface area contributed by atoms with E-state index in [4.69, 9.17) is 4.74 Å². The van der Waals surface area contributed by atoms with Gasteiger partial charge < -0.3 is 20.1 Å². The van der Waals surface area contributed by atoms with Gasteiger partial charge in [0.15, 0.2) is 0 Å². The number of hydrogen-bond acceptors (Lipinski definition) is 4. The van der Waals surface area contributed by atoms with Crippen molar-refractivity contribution in [2.75, 3.05) is 6.54 Å². The molecule has 6 nitrogen and oxygen atoms in total. The summed E-state index contributed by atoms with van der Waals surface area (Å²) in [7, 11) is 0. The Morgan fingerprint density at radius 2 is 2.11 bits per heavy atom. The largest absolute Gasteiger partial charge is 0.390 e. The van der Waals surface area contributed by atoms with Crippen LogP contribution in [0, 0.1) is 5.92 Å². The summed E-state index contributed by atoms with van der Waals surface area (Å²) in [4.78, 5) is 18.9. The molecule has 0 aliphatic carbocycles. The first-order valence-corrected chi connectivity index (χ1v) is 10.1. The third-order valence-electron chi connectivity index (χ3n) is 6.46. The quantitative estimate of drug-likeness (QED) is 0.757. The summed E-state index contributed by atoms with van der Waals surface area (Å²) in [6.07, 6.45) is 5.76. The number of H-pyrrole nitrogens is 1. The van der Waals surface area contributed by atoms with Crippen LogP contribution in [-0.2, 0) is 4.74 Å². The van der Waals surface area contributed by atoms with E-state index < -0.39 is 11.7 Å². The Morgan fingerprint density at radius 1 is 1.32 bits per heavy atom. The Labute approximate surface area is 165 Å². The van der Waals surface area contributed by atoms with Crippen molar-refractivity contribution >= 4 is 5.91 Å². The number of fused-ring (bicyclic) bond motifs is 2. The second-order valence-electron chi connectivity index (χ2n) is 8.80. The van der Waals surface area contributed by atoms with Crippen molar-refractivity contribution in [1.82, 2.24) is 15.3 Å². The van der Waals surface area contributed by atoms with E-state index in [-0.39, 0.29) is 17.4 Å². The Bertz CT molecular complexity index is 810. The molecule has 5 atom stereocenters. The van der Waals surface area contributed by atoms with E-state index in [0.29, 0.717) is 18.2 Å². The van der Waals surface area contributed by atoms with E-state index in [1.54, 1.807) is 0 Å². The number of nitrogens with zero attached hydrogens (tertiary/aromatic N) is 1. The molecule has 0 spiro atoms. The van der Waals surface area contributed by atoms with Crippen LogP contribution in [0.2, 0.25) is 0 Å². The second-order valence-corrected chi connectivity index (χ2v) is 8.80. The van der Waals surface area contributed by atoms with Crippen LogP contribution in [0.1, 0.15) is 61.5 Å². The van der Waals surface area contributed by atoms with Crippen LogP contribution in [0.5, 0.6) is 0 Å². The standard InChI is InChI=1S/C22H29N3O3/c1-21-9-8-16(12-24-20(27)18-13-23-14-25-18)19(26)22(2,28-21)11-17(10-21)15-6-4-3-5-7-15/h3-7,13-14,16-17,19,26H,8-12H2,1-2H3,(H,23,25)(H,24,27)/t16-,17-,19-,21-,22-/m0/s1. The Balaban J connectivity index is 1.51. The molecule has 1 amide bonds. The van der Waals surface area contributed by atoms with E-state index in [2.05, 4.69) is 46.5 Å². The van der Waals surface area contributed by atoms with Crippen LogP contribution < -0.4 is 5.32 Å². The van der Waals surface area contributed by atoms with Crippen molar-refractivity contribution in [3.05, 3.63) is 54.1 Å². The zero-order valence-corrected chi connectivity index (χ0v) is 16.5. The number of nitrogens with one attached hydrogen (secondary N) is 2. The Morgan fingerprint density at radius 3 is 2.82 bits per heavy atom. The lowest BCUT2D eigenvalue weighted by Gasteiger charge is -2.49. The number of carbonyl (C=O) groups is 1. The molecule has 6 heteroatoms. The third-order valence-corrected chi connectivity index (χ3v) is 6.46. The number of aliphatic hydroxyl groups is 1. The molecule has 2 bridgehead atoms. The van der Waals surface area contributed by atoms with Crippen LogP contribution in [0.4, 0.5) is 0 Å². The number of aromatic amines is 1. The number of hydrogen-bond donors (Lipinski definition) is 3. The molecule has 1 aromatic carbocycles. The highest BCUT2D eigenvalue weighted by Gasteiger charge is 2.52. The number of aliphatic hydroxyl groups excluding tert-OH is 1. The average molecular weight is 383 g/mol. The maximum Gasteiger partial charge on any atom is 0.269 e. The van der Waals surface area contributed by atoms with Crippen LogP contribution in [0.25, 0.3) is 0 Å². The van der Waals surface area contributed by atoms with Gasteiger partial charge in [0.05, 0.1) is 29.8 Å². The van der Waals surface area contributed by atoms with E-state index in [9.17, 15) is 9.90 Å². The third kappa shape index (κ3) is 3.71. The van der Waals surface area contributed by atoms with Gasteiger partial charge in [-0.05, 0) is 51.0 Å². The molecule has 4 rings (SSSR count). The van der Waals surface area contributed by atoms with Crippen molar-refractivity contribution in [2.45, 2.75) is 62.8 Å². The van der Waals surface area contributed by atoms with Gasteiger partial charge in [-0.15, -0.1) is 0 Å². The molecule has 28 heavy (non-hydrogen) atoms. The molecular weight excluding hydrogens is 354 g/mol. The molecule has 150 valence electrons. The van der Waals surface area contributed by atoms with Crippen molar-refractivity contribution in [3.63, 3.8) is 0 Å². The van der Waals surface area contributed by atoms with Gasteiger partial charge in [0.25, 0.3) is 5.91 Å².